The van der Waals surface area contributed by atoms with Crippen LogP contribution in [0.4, 0.5) is 5.69 Å². The summed E-state index contributed by atoms with van der Waals surface area (Å²) >= 11 is 0. The summed E-state index contributed by atoms with van der Waals surface area (Å²) in [6, 6.07) is 20.2. The molecule has 8 nitrogen and oxygen atoms in total. The number of amides is 3. The second-order valence-electron chi connectivity index (χ2n) is 8.08. The van der Waals surface area contributed by atoms with Crippen LogP contribution in [0.1, 0.15) is 27.8 Å². The van der Waals surface area contributed by atoms with Gasteiger partial charge < -0.3 is 15.4 Å². The zero-order valence-corrected chi connectivity index (χ0v) is 19.9. The number of anilines is 1. The molecule has 0 aromatic heterocycles. The quantitative estimate of drug-likeness (QED) is 0.265. The van der Waals surface area contributed by atoms with Gasteiger partial charge >= 0.3 is 11.8 Å². The Hall–Kier alpha value is -4.46. The van der Waals surface area contributed by atoms with Gasteiger partial charge in [0.05, 0.1) is 6.21 Å². The molecule has 0 fully saturated rings. The zero-order valence-electron chi connectivity index (χ0n) is 19.9. The minimum Gasteiger partial charge on any atom is -0.484 e. The number of ether oxygens (including phenoxy) is 1. The van der Waals surface area contributed by atoms with E-state index in [2.05, 4.69) is 21.2 Å². The van der Waals surface area contributed by atoms with Crippen molar-refractivity contribution < 1.29 is 19.1 Å². The molecule has 3 aromatic rings. The fraction of sp³-hybridized carbons (Fsp3) is 0.185. The molecule has 0 saturated heterocycles. The molecule has 8 heteroatoms. The monoisotopic (exact) mass is 472 g/mol. The molecule has 3 rings (SSSR count). The molecule has 3 aromatic carbocycles. The number of rotatable bonds is 8. The molecule has 3 amide bonds. The second-order valence-corrected chi connectivity index (χ2v) is 8.08. The topological polar surface area (TPSA) is 109 Å². The van der Waals surface area contributed by atoms with E-state index in [1.807, 2.05) is 63.2 Å². The summed E-state index contributed by atoms with van der Waals surface area (Å²) in [6.45, 7) is 6.04. The third-order valence-corrected chi connectivity index (χ3v) is 5.18. The lowest BCUT2D eigenvalue weighted by Crippen LogP contribution is -2.37. The van der Waals surface area contributed by atoms with Crippen molar-refractivity contribution in [2.24, 2.45) is 5.10 Å². The summed E-state index contributed by atoms with van der Waals surface area (Å²) in [6.07, 6.45) is 1.38. The Morgan fingerprint density at radius 1 is 0.886 bits per heavy atom. The van der Waals surface area contributed by atoms with Crippen molar-refractivity contribution in [3.63, 3.8) is 0 Å². The number of hydrogen-bond donors (Lipinski definition) is 3. The van der Waals surface area contributed by atoms with Crippen LogP contribution in [-0.4, -0.2) is 30.5 Å². The van der Waals surface area contributed by atoms with E-state index in [0.717, 1.165) is 22.3 Å². The second kappa shape index (κ2) is 12.1. The molecule has 0 spiro atoms. The molecule has 35 heavy (non-hydrogen) atoms. The van der Waals surface area contributed by atoms with E-state index in [1.165, 1.54) is 6.21 Å². The molecular weight excluding hydrogens is 444 g/mol. The first-order chi connectivity index (χ1) is 16.8. The van der Waals surface area contributed by atoms with E-state index in [9.17, 15) is 14.4 Å². The fourth-order valence-electron chi connectivity index (χ4n) is 3.03. The Kier molecular flexibility index (Phi) is 8.72. The van der Waals surface area contributed by atoms with Gasteiger partial charge in [-0.3, -0.25) is 14.4 Å². The number of hydrazone groups is 1. The van der Waals surface area contributed by atoms with Crippen molar-refractivity contribution in [3.8, 4) is 5.75 Å². The average Bonchev–Trinajstić information content (AvgIpc) is 2.84. The van der Waals surface area contributed by atoms with Crippen molar-refractivity contribution in [2.45, 2.75) is 27.3 Å². The molecule has 0 atom stereocenters. The van der Waals surface area contributed by atoms with Crippen LogP contribution in [0.5, 0.6) is 5.75 Å². The number of benzene rings is 3. The maximum Gasteiger partial charge on any atom is 0.329 e. The van der Waals surface area contributed by atoms with Gasteiger partial charge in [0, 0.05) is 12.2 Å². The predicted molar refractivity (Wildman–Crippen MR) is 135 cm³/mol. The lowest BCUT2D eigenvalue weighted by atomic mass is 10.1. The van der Waals surface area contributed by atoms with Gasteiger partial charge in [-0.2, -0.15) is 5.10 Å². The number of nitrogens with one attached hydrogen (secondary N) is 3. The number of aryl methyl sites for hydroxylation is 3. The van der Waals surface area contributed by atoms with E-state index in [4.69, 9.17) is 4.74 Å². The molecule has 0 aliphatic rings. The van der Waals surface area contributed by atoms with Crippen LogP contribution in [0, 0.1) is 20.8 Å². The Morgan fingerprint density at radius 2 is 1.66 bits per heavy atom. The Bertz CT molecular complexity index is 1240. The normalized spacial score (nSPS) is 10.6. The predicted octanol–water partition coefficient (Wildman–Crippen LogP) is 3.40. The molecule has 180 valence electrons. The third-order valence-electron chi connectivity index (χ3n) is 5.18. The molecule has 0 heterocycles. The SMILES string of the molecule is Cc1ccc(CNC(=O)C(=O)N/N=C\c2cccc(OCC(=O)Nc3ccc(C)c(C)c3)c2)cc1. The first-order valence-electron chi connectivity index (χ1n) is 11.1. The van der Waals surface area contributed by atoms with E-state index < -0.39 is 11.8 Å². The van der Waals surface area contributed by atoms with Gasteiger partial charge in [0.1, 0.15) is 5.75 Å². The Morgan fingerprint density at radius 3 is 2.40 bits per heavy atom. The highest BCUT2D eigenvalue weighted by Crippen LogP contribution is 2.15. The minimum absolute atomic E-state index is 0.161. The highest BCUT2D eigenvalue weighted by molar-refractivity contribution is 6.35. The van der Waals surface area contributed by atoms with Crippen molar-refractivity contribution in [3.05, 3.63) is 94.5 Å². The van der Waals surface area contributed by atoms with Crippen LogP contribution in [0.2, 0.25) is 0 Å². The maximum atomic E-state index is 12.2. The van der Waals surface area contributed by atoms with Crippen molar-refractivity contribution in [1.29, 1.82) is 0 Å². The van der Waals surface area contributed by atoms with Gasteiger partial charge in [0.2, 0.25) is 0 Å². The Balaban J connectivity index is 1.44. The highest BCUT2D eigenvalue weighted by Gasteiger charge is 2.12. The van der Waals surface area contributed by atoms with Gasteiger partial charge in [-0.1, -0.05) is 48.0 Å². The summed E-state index contributed by atoms with van der Waals surface area (Å²) in [5, 5.41) is 9.16. The van der Waals surface area contributed by atoms with E-state index in [1.54, 1.807) is 24.3 Å². The molecule has 0 aliphatic heterocycles. The lowest BCUT2D eigenvalue weighted by Gasteiger charge is -2.09. The van der Waals surface area contributed by atoms with Crippen LogP contribution in [0.15, 0.2) is 71.8 Å². The number of carbonyl (C=O) groups excluding carboxylic acids is 3. The van der Waals surface area contributed by atoms with Crippen molar-refractivity contribution >= 4 is 29.6 Å². The molecule has 0 saturated carbocycles. The molecule has 0 bridgehead atoms. The third kappa shape index (κ3) is 8.12. The van der Waals surface area contributed by atoms with Crippen LogP contribution < -0.4 is 20.8 Å². The summed E-state index contributed by atoms with van der Waals surface area (Å²) < 4.78 is 5.56. The Labute approximate surface area is 204 Å². The van der Waals surface area contributed by atoms with Crippen molar-refractivity contribution in [1.82, 2.24) is 10.7 Å². The highest BCUT2D eigenvalue weighted by atomic mass is 16.5. The van der Waals surface area contributed by atoms with Gasteiger partial charge in [0.15, 0.2) is 6.61 Å². The van der Waals surface area contributed by atoms with Crippen LogP contribution in [-0.2, 0) is 20.9 Å². The summed E-state index contributed by atoms with van der Waals surface area (Å²) in [5.74, 6) is -1.47. The van der Waals surface area contributed by atoms with Gasteiger partial charge in [0.25, 0.3) is 5.91 Å². The number of carbonyl (C=O) groups is 3. The molecule has 0 aliphatic carbocycles. The standard InChI is InChI=1S/C27H28N4O4/c1-18-7-10-21(11-8-18)15-28-26(33)27(34)31-29-16-22-5-4-6-24(14-22)35-17-25(32)30-23-12-9-19(2)20(3)13-23/h4-14,16H,15,17H2,1-3H3,(H,28,33)(H,30,32)(H,31,34)/b29-16-. The van der Waals surface area contributed by atoms with Crippen LogP contribution in [0.3, 0.4) is 0 Å². The van der Waals surface area contributed by atoms with Crippen molar-refractivity contribution in [2.75, 3.05) is 11.9 Å². The van der Waals surface area contributed by atoms with Gasteiger partial charge in [-0.05, 0) is 67.3 Å². The molecule has 0 unspecified atom stereocenters. The molecule has 3 N–H and O–H groups in total. The van der Waals surface area contributed by atoms with E-state index in [0.29, 0.717) is 17.0 Å². The fourth-order valence-corrected chi connectivity index (χ4v) is 3.03. The first-order valence-corrected chi connectivity index (χ1v) is 11.1. The minimum atomic E-state index is -0.872. The largest absolute Gasteiger partial charge is 0.484 e. The zero-order chi connectivity index (χ0) is 25.2. The summed E-state index contributed by atoms with van der Waals surface area (Å²) in [7, 11) is 0. The average molecular weight is 473 g/mol. The first kappa shape index (κ1) is 25.2. The smallest absolute Gasteiger partial charge is 0.329 e. The van der Waals surface area contributed by atoms with E-state index >= 15 is 0 Å². The summed E-state index contributed by atoms with van der Waals surface area (Å²) in [5.41, 5.74) is 7.77. The van der Waals surface area contributed by atoms with Gasteiger partial charge in [-0.25, -0.2) is 5.43 Å². The van der Waals surface area contributed by atoms with Crippen LogP contribution in [0.25, 0.3) is 0 Å². The maximum absolute atomic E-state index is 12.2. The lowest BCUT2D eigenvalue weighted by molar-refractivity contribution is -0.139. The molecule has 0 radical (unpaired) electrons. The summed E-state index contributed by atoms with van der Waals surface area (Å²) in [4.78, 5) is 36.1. The van der Waals surface area contributed by atoms with Gasteiger partial charge in [-0.15, -0.1) is 0 Å². The number of nitrogens with zero attached hydrogens (tertiary/aromatic N) is 1. The molecular formula is C27H28N4O4. The van der Waals surface area contributed by atoms with Crippen LogP contribution >= 0.6 is 0 Å². The number of hydrogen-bond acceptors (Lipinski definition) is 5. The van der Waals surface area contributed by atoms with E-state index in [-0.39, 0.29) is 19.1 Å².